The molecule has 2 rings (SSSR count). The number of nitrogens with one attached hydrogen (secondary N) is 2. The van der Waals surface area contributed by atoms with Crippen LogP contribution in [0.2, 0.25) is 0 Å². The molecule has 1 aromatic heterocycles. The van der Waals surface area contributed by atoms with Crippen molar-refractivity contribution >= 4 is 11.7 Å². The van der Waals surface area contributed by atoms with E-state index in [1.165, 1.54) is 0 Å². The molecule has 0 aliphatic heterocycles. The first-order valence-electron chi connectivity index (χ1n) is 7.02. The normalized spacial score (nSPS) is 11.9. The van der Waals surface area contributed by atoms with E-state index in [1.54, 1.807) is 10.9 Å². The first-order valence-corrected chi connectivity index (χ1v) is 7.02. The number of nitrogens with zero attached hydrogens (tertiary/aromatic N) is 2. The van der Waals surface area contributed by atoms with Crippen LogP contribution in [0.1, 0.15) is 19.8 Å². The van der Waals surface area contributed by atoms with Gasteiger partial charge in [-0.05, 0) is 43.2 Å². The van der Waals surface area contributed by atoms with E-state index in [0.717, 1.165) is 5.69 Å². The Hall–Kier alpha value is -2.34. The van der Waals surface area contributed by atoms with Gasteiger partial charge < -0.3 is 15.7 Å². The van der Waals surface area contributed by atoms with Crippen molar-refractivity contribution in [3.8, 4) is 5.69 Å². The Balaban J connectivity index is 1.81. The predicted octanol–water partition coefficient (Wildman–Crippen LogP) is 2.15. The summed E-state index contributed by atoms with van der Waals surface area (Å²) in [6.45, 7) is 2.36. The maximum absolute atomic E-state index is 11.7. The number of urea groups is 1. The van der Waals surface area contributed by atoms with E-state index in [-0.39, 0.29) is 12.1 Å². The molecule has 0 fully saturated rings. The molecule has 6 nitrogen and oxygen atoms in total. The first kappa shape index (κ1) is 15.1. The second-order valence-corrected chi connectivity index (χ2v) is 4.73. The lowest BCUT2D eigenvalue weighted by atomic mass is 10.2. The van der Waals surface area contributed by atoms with Gasteiger partial charge in [0.2, 0.25) is 0 Å². The van der Waals surface area contributed by atoms with Gasteiger partial charge in [-0.3, -0.25) is 0 Å². The average Bonchev–Trinajstić information content (AvgIpc) is 3.02. The van der Waals surface area contributed by atoms with Crippen molar-refractivity contribution in [2.45, 2.75) is 25.9 Å². The van der Waals surface area contributed by atoms with E-state index >= 15 is 0 Å². The van der Waals surface area contributed by atoms with Crippen LogP contribution in [0, 0.1) is 0 Å². The van der Waals surface area contributed by atoms with Crippen LogP contribution in [0.4, 0.5) is 10.5 Å². The fraction of sp³-hybridized carbons (Fsp3) is 0.333. The van der Waals surface area contributed by atoms with Gasteiger partial charge in [0.15, 0.2) is 0 Å². The highest BCUT2D eigenvalue weighted by Crippen LogP contribution is 2.12. The minimum Gasteiger partial charge on any atom is -0.393 e. The van der Waals surface area contributed by atoms with Gasteiger partial charge in [-0.15, -0.1) is 0 Å². The zero-order valence-corrected chi connectivity index (χ0v) is 12.0. The SMILES string of the molecule is CCC(O)CCNC(=O)Nc1ccc(-n2cccn2)cc1. The molecule has 0 spiro atoms. The van der Waals surface area contributed by atoms with Gasteiger partial charge in [-0.25, -0.2) is 9.48 Å². The van der Waals surface area contributed by atoms with Crippen LogP contribution in [0.5, 0.6) is 0 Å². The Morgan fingerprint density at radius 2 is 2.14 bits per heavy atom. The molecule has 6 heteroatoms. The summed E-state index contributed by atoms with van der Waals surface area (Å²) in [7, 11) is 0. The van der Waals surface area contributed by atoms with Crippen molar-refractivity contribution in [3.63, 3.8) is 0 Å². The highest BCUT2D eigenvalue weighted by molar-refractivity contribution is 5.89. The monoisotopic (exact) mass is 288 g/mol. The number of aromatic nitrogens is 2. The van der Waals surface area contributed by atoms with Gasteiger partial charge in [0.25, 0.3) is 0 Å². The summed E-state index contributed by atoms with van der Waals surface area (Å²) in [5.41, 5.74) is 1.64. The van der Waals surface area contributed by atoms with Crippen molar-refractivity contribution in [1.29, 1.82) is 0 Å². The topological polar surface area (TPSA) is 79.2 Å². The highest BCUT2D eigenvalue weighted by Gasteiger charge is 2.04. The number of aliphatic hydroxyl groups excluding tert-OH is 1. The molecule has 0 saturated carbocycles. The van der Waals surface area contributed by atoms with Crippen molar-refractivity contribution in [2.24, 2.45) is 0 Å². The van der Waals surface area contributed by atoms with Gasteiger partial charge in [-0.1, -0.05) is 6.92 Å². The maximum atomic E-state index is 11.7. The van der Waals surface area contributed by atoms with Gasteiger partial charge in [0, 0.05) is 24.6 Å². The quantitative estimate of drug-likeness (QED) is 0.762. The molecule has 2 amide bonds. The molecule has 1 unspecified atom stereocenters. The van der Waals surface area contributed by atoms with Crippen molar-refractivity contribution in [3.05, 3.63) is 42.7 Å². The Morgan fingerprint density at radius 3 is 2.76 bits per heavy atom. The lowest BCUT2D eigenvalue weighted by Gasteiger charge is -2.10. The third-order valence-corrected chi connectivity index (χ3v) is 3.13. The van der Waals surface area contributed by atoms with Crippen molar-refractivity contribution < 1.29 is 9.90 Å². The number of anilines is 1. The lowest BCUT2D eigenvalue weighted by molar-refractivity contribution is 0.160. The van der Waals surface area contributed by atoms with Gasteiger partial charge in [0.05, 0.1) is 11.8 Å². The first-order chi connectivity index (χ1) is 10.2. The number of aliphatic hydroxyl groups is 1. The molecular weight excluding hydrogens is 268 g/mol. The molecule has 0 aliphatic rings. The average molecular weight is 288 g/mol. The molecule has 2 aromatic rings. The summed E-state index contributed by atoms with van der Waals surface area (Å²) in [6, 6.07) is 8.97. The number of hydrogen-bond donors (Lipinski definition) is 3. The molecule has 0 aliphatic carbocycles. The Kier molecular flexibility index (Phi) is 5.34. The molecule has 1 heterocycles. The summed E-state index contributed by atoms with van der Waals surface area (Å²) in [6.07, 6.45) is 4.46. The zero-order valence-electron chi connectivity index (χ0n) is 12.0. The standard InChI is InChI=1S/C15H20N4O2/c1-2-14(20)8-10-16-15(21)18-12-4-6-13(7-5-12)19-11-3-9-17-19/h3-7,9,11,14,20H,2,8,10H2,1H3,(H2,16,18,21). The van der Waals surface area contributed by atoms with Gasteiger partial charge in [-0.2, -0.15) is 5.10 Å². The molecule has 1 aromatic carbocycles. The van der Waals surface area contributed by atoms with Gasteiger partial charge in [0.1, 0.15) is 0 Å². The molecule has 1 atom stereocenters. The Bertz CT molecular complexity index is 552. The molecule has 112 valence electrons. The number of carbonyl (C=O) groups excluding carboxylic acids is 1. The minimum absolute atomic E-state index is 0.273. The van der Waals surface area contributed by atoms with E-state index in [4.69, 9.17) is 0 Å². The highest BCUT2D eigenvalue weighted by atomic mass is 16.3. The van der Waals surface area contributed by atoms with Crippen LogP contribution < -0.4 is 10.6 Å². The number of carbonyl (C=O) groups is 1. The van der Waals surface area contributed by atoms with E-state index in [2.05, 4.69) is 15.7 Å². The molecule has 0 radical (unpaired) electrons. The molecule has 3 N–H and O–H groups in total. The van der Waals surface area contributed by atoms with E-state index in [0.29, 0.717) is 25.1 Å². The largest absolute Gasteiger partial charge is 0.393 e. The number of hydrogen-bond acceptors (Lipinski definition) is 3. The third kappa shape index (κ3) is 4.61. The Labute approximate surface area is 123 Å². The fourth-order valence-corrected chi connectivity index (χ4v) is 1.85. The maximum Gasteiger partial charge on any atom is 0.319 e. The van der Waals surface area contributed by atoms with E-state index in [1.807, 2.05) is 43.5 Å². The molecular formula is C15H20N4O2. The van der Waals surface area contributed by atoms with Crippen molar-refractivity contribution in [1.82, 2.24) is 15.1 Å². The van der Waals surface area contributed by atoms with Crippen LogP contribution in [0.3, 0.4) is 0 Å². The summed E-state index contributed by atoms with van der Waals surface area (Å²) in [4.78, 5) is 11.7. The van der Waals surface area contributed by atoms with Crippen LogP contribution >= 0.6 is 0 Å². The zero-order chi connectivity index (χ0) is 15.1. The Morgan fingerprint density at radius 1 is 1.38 bits per heavy atom. The molecule has 0 saturated heterocycles. The number of rotatable bonds is 6. The van der Waals surface area contributed by atoms with Crippen LogP contribution in [-0.4, -0.2) is 33.6 Å². The predicted molar refractivity (Wildman–Crippen MR) is 81.5 cm³/mol. The van der Waals surface area contributed by atoms with Crippen LogP contribution in [0.15, 0.2) is 42.7 Å². The van der Waals surface area contributed by atoms with Crippen LogP contribution in [0.25, 0.3) is 5.69 Å². The number of amides is 2. The summed E-state index contributed by atoms with van der Waals surface area (Å²) in [5, 5.41) is 19.0. The van der Waals surface area contributed by atoms with Gasteiger partial charge >= 0.3 is 6.03 Å². The second kappa shape index (κ2) is 7.44. The minimum atomic E-state index is -0.362. The van der Waals surface area contributed by atoms with E-state index in [9.17, 15) is 9.90 Å². The number of benzene rings is 1. The fourth-order valence-electron chi connectivity index (χ4n) is 1.85. The smallest absolute Gasteiger partial charge is 0.319 e. The summed E-state index contributed by atoms with van der Waals surface area (Å²) < 4.78 is 1.75. The van der Waals surface area contributed by atoms with E-state index < -0.39 is 0 Å². The summed E-state index contributed by atoms with van der Waals surface area (Å²) >= 11 is 0. The molecule has 0 bridgehead atoms. The second-order valence-electron chi connectivity index (χ2n) is 4.73. The summed E-state index contributed by atoms with van der Waals surface area (Å²) in [5.74, 6) is 0. The van der Waals surface area contributed by atoms with Crippen molar-refractivity contribution in [2.75, 3.05) is 11.9 Å². The lowest BCUT2D eigenvalue weighted by Crippen LogP contribution is -2.31. The van der Waals surface area contributed by atoms with Crippen LogP contribution in [-0.2, 0) is 0 Å². The molecule has 21 heavy (non-hydrogen) atoms. The third-order valence-electron chi connectivity index (χ3n) is 3.13.